The van der Waals surface area contributed by atoms with Crippen LogP contribution in [0.3, 0.4) is 0 Å². The zero-order valence-electron chi connectivity index (χ0n) is 17.3. The summed E-state index contributed by atoms with van der Waals surface area (Å²) in [6, 6.07) is 23.0. The number of nitro groups is 1. The number of likely N-dealkylation sites (N-methyl/N-ethyl adjacent to an activating group) is 1. The summed E-state index contributed by atoms with van der Waals surface area (Å²) in [5, 5.41) is 11.0. The van der Waals surface area contributed by atoms with E-state index in [0.717, 1.165) is 17.0 Å². The first kappa shape index (κ1) is 20.4. The first-order valence-corrected chi connectivity index (χ1v) is 10.1. The number of ether oxygens (including phenoxy) is 1. The van der Waals surface area contributed by atoms with Crippen LogP contribution in [-0.2, 0) is 4.79 Å². The summed E-state index contributed by atoms with van der Waals surface area (Å²) in [6.07, 6.45) is 0. The van der Waals surface area contributed by atoms with Gasteiger partial charge in [-0.05, 0) is 48.9 Å². The Bertz CT molecular complexity index is 1070. The van der Waals surface area contributed by atoms with Crippen LogP contribution >= 0.6 is 0 Å². The van der Waals surface area contributed by atoms with E-state index in [1.807, 2.05) is 61.5 Å². The standard InChI is InChI=1S/C24H23N3O4/c1-3-25(18-7-5-4-6-8-18)23-22(17-9-15-21(31-2)16-10-17)26(24(23)28)19-11-13-20(14-12-19)27(29)30/h4-16,22-23H,3H2,1-2H3/t22-,23+/m0/s1. The molecule has 0 radical (unpaired) electrons. The van der Waals surface area contributed by atoms with E-state index in [1.54, 1.807) is 24.1 Å². The third kappa shape index (κ3) is 3.70. The smallest absolute Gasteiger partial charge is 0.269 e. The Morgan fingerprint density at radius 2 is 1.65 bits per heavy atom. The number of para-hydroxylation sites is 1. The molecule has 0 unspecified atom stereocenters. The van der Waals surface area contributed by atoms with Crippen LogP contribution in [0.4, 0.5) is 17.1 Å². The first-order chi connectivity index (χ1) is 15.0. The molecular weight excluding hydrogens is 394 g/mol. The SMILES string of the molecule is CCN(c1ccccc1)[C@H]1C(=O)N(c2ccc([N+](=O)[O-])cc2)[C@H]1c1ccc(OC)cc1. The van der Waals surface area contributed by atoms with Gasteiger partial charge in [0.15, 0.2) is 0 Å². The molecule has 0 aromatic heterocycles. The summed E-state index contributed by atoms with van der Waals surface area (Å²) in [6.45, 7) is 2.70. The highest BCUT2D eigenvalue weighted by Gasteiger charge is 2.51. The second kappa shape index (κ2) is 8.47. The van der Waals surface area contributed by atoms with E-state index in [9.17, 15) is 14.9 Å². The molecule has 1 fully saturated rings. The molecule has 2 atom stereocenters. The van der Waals surface area contributed by atoms with Gasteiger partial charge in [-0.1, -0.05) is 30.3 Å². The normalized spacial score (nSPS) is 17.7. The fourth-order valence-electron chi connectivity index (χ4n) is 4.09. The molecule has 3 aromatic carbocycles. The van der Waals surface area contributed by atoms with Crippen molar-refractivity contribution in [1.82, 2.24) is 0 Å². The van der Waals surface area contributed by atoms with Crippen molar-refractivity contribution in [2.45, 2.75) is 19.0 Å². The maximum absolute atomic E-state index is 13.4. The number of carbonyl (C=O) groups excluding carboxylic acids is 1. The monoisotopic (exact) mass is 417 g/mol. The number of non-ortho nitro benzene ring substituents is 1. The number of methoxy groups -OCH3 is 1. The number of amides is 1. The third-order valence-electron chi connectivity index (χ3n) is 5.63. The molecule has 0 spiro atoms. The fourth-order valence-corrected chi connectivity index (χ4v) is 4.09. The summed E-state index contributed by atoms with van der Waals surface area (Å²) in [7, 11) is 1.61. The van der Waals surface area contributed by atoms with Crippen molar-refractivity contribution in [3.8, 4) is 5.75 Å². The topological polar surface area (TPSA) is 75.9 Å². The van der Waals surface area contributed by atoms with Crippen molar-refractivity contribution >= 4 is 23.0 Å². The Kier molecular flexibility index (Phi) is 5.58. The highest BCUT2D eigenvalue weighted by atomic mass is 16.6. The number of nitro benzene ring substituents is 1. The number of anilines is 2. The first-order valence-electron chi connectivity index (χ1n) is 10.1. The lowest BCUT2D eigenvalue weighted by atomic mass is 9.86. The summed E-state index contributed by atoms with van der Waals surface area (Å²) in [4.78, 5) is 27.8. The molecule has 7 nitrogen and oxygen atoms in total. The summed E-state index contributed by atoms with van der Waals surface area (Å²) < 4.78 is 5.28. The third-order valence-corrected chi connectivity index (χ3v) is 5.63. The lowest BCUT2D eigenvalue weighted by molar-refractivity contribution is -0.384. The number of rotatable bonds is 7. The van der Waals surface area contributed by atoms with E-state index in [2.05, 4.69) is 4.90 Å². The molecule has 0 aliphatic carbocycles. The van der Waals surface area contributed by atoms with Crippen LogP contribution in [0, 0.1) is 10.1 Å². The van der Waals surface area contributed by atoms with Crippen LogP contribution in [-0.4, -0.2) is 30.5 Å². The number of nitrogens with zero attached hydrogens (tertiary/aromatic N) is 3. The average Bonchev–Trinajstić information content (AvgIpc) is 2.81. The minimum absolute atomic E-state index is 0.00580. The molecule has 4 rings (SSSR count). The second-order valence-electron chi connectivity index (χ2n) is 7.27. The van der Waals surface area contributed by atoms with Gasteiger partial charge in [0.1, 0.15) is 11.8 Å². The minimum atomic E-state index is -0.445. The second-order valence-corrected chi connectivity index (χ2v) is 7.27. The molecule has 3 aromatic rings. The molecule has 1 aliphatic heterocycles. The molecule has 0 saturated carbocycles. The van der Waals surface area contributed by atoms with Gasteiger partial charge < -0.3 is 14.5 Å². The molecular formula is C24H23N3O4. The van der Waals surface area contributed by atoms with Gasteiger partial charge >= 0.3 is 0 Å². The van der Waals surface area contributed by atoms with Crippen LogP contribution in [0.2, 0.25) is 0 Å². The van der Waals surface area contributed by atoms with Crippen molar-refractivity contribution in [3.63, 3.8) is 0 Å². The van der Waals surface area contributed by atoms with E-state index in [0.29, 0.717) is 12.2 Å². The molecule has 0 bridgehead atoms. The van der Waals surface area contributed by atoms with E-state index in [1.165, 1.54) is 12.1 Å². The molecule has 7 heteroatoms. The summed E-state index contributed by atoms with van der Waals surface area (Å²) >= 11 is 0. The lowest BCUT2D eigenvalue weighted by Gasteiger charge is -2.52. The van der Waals surface area contributed by atoms with Gasteiger partial charge in [0.2, 0.25) is 0 Å². The van der Waals surface area contributed by atoms with E-state index < -0.39 is 4.92 Å². The Balaban J connectivity index is 1.74. The minimum Gasteiger partial charge on any atom is -0.497 e. The zero-order valence-corrected chi connectivity index (χ0v) is 17.3. The Morgan fingerprint density at radius 1 is 1.00 bits per heavy atom. The molecule has 0 N–H and O–H groups in total. The Morgan fingerprint density at radius 3 is 2.19 bits per heavy atom. The van der Waals surface area contributed by atoms with Crippen LogP contribution in [0.1, 0.15) is 18.5 Å². The van der Waals surface area contributed by atoms with Gasteiger partial charge in [0.05, 0.1) is 18.1 Å². The quantitative estimate of drug-likeness (QED) is 0.319. The van der Waals surface area contributed by atoms with Crippen molar-refractivity contribution in [1.29, 1.82) is 0 Å². The van der Waals surface area contributed by atoms with Crippen LogP contribution < -0.4 is 14.5 Å². The van der Waals surface area contributed by atoms with Gasteiger partial charge in [-0.25, -0.2) is 0 Å². The zero-order chi connectivity index (χ0) is 22.0. The number of β-lactam (4-membered cyclic amide) rings is 1. The molecule has 1 amide bonds. The Hall–Kier alpha value is -3.87. The Labute approximate surface area is 180 Å². The predicted molar refractivity (Wildman–Crippen MR) is 120 cm³/mol. The number of benzene rings is 3. The molecule has 158 valence electrons. The highest BCUT2D eigenvalue weighted by Crippen LogP contribution is 2.43. The van der Waals surface area contributed by atoms with Gasteiger partial charge in [-0.15, -0.1) is 0 Å². The largest absolute Gasteiger partial charge is 0.497 e. The molecule has 1 heterocycles. The van der Waals surface area contributed by atoms with Gasteiger partial charge in [-0.2, -0.15) is 0 Å². The number of hydrogen-bond donors (Lipinski definition) is 0. The van der Waals surface area contributed by atoms with E-state index in [-0.39, 0.29) is 23.7 Å². The molecule has 1 saturated heterocycles. The summed E-state index contributed by atoms with van der Waals surface area (Å²) in [5.41, 5.74) is 2.58. The lowest BCUT2D eigenvalue weighted by Crippen LogP contribution is -2.66. The predicted octanol–water partition coefficient (Wildman–Crippen LogP) is 4.59. The fraction of sp³-hybridized carbons (Fsp3) is 0.208. The maximum atomic E-state index is 13.4. The molecule has 1 aliphatic rings. The van der Waals surface area contributed by atoms with Crippen molar-refractivity contribution in [2.75, 3.05) is 23.5 Å². The average molecular weight is 417 g/mol. The van der Waals surface area contributed by atoms with E-state index in [4.69, 9.17) is 4.74 Å². The highest BCUT2D eigenvalue weighted by molar-refractivity contribution is 6.07. The van der Waals surface area contributed by atoms with Gasteiger partial charge in [-0.3, -0.25) is 14.9 Å². The van der Waals surface area contributed by atoms with Crippen molar-refractivity contribution < 1.29 is 14.5 Å². The summed E-state index contributed by atoms with van der Waals surface area (Å²) in [5.74, 6) is 0.698. The number of hydrogen-bond acceptors (Lipinski definition) is 5. The van der Waals surface area contributed by atoms with Crippen molar-refractivity contribution in [2.24, 2.45) is 0 Å². The van der Waals surface area contributed by atoms with Crippen LogP contribution in [0.25, 0.3) is 0 Å². The maximum Gasteiger partial charge on any atom is 0.269 e. The van der Waals surface area contributed by atoms with Crippen LogP contribution in [0.15, 0.2) is 78.9 Å². The van der Waals surface area contributed by atoms with Gasteiger partial charge in [0.25, 0.3) is 11.6 Å². The number of carbonyl (C=O) groups is 1. The van der Waals surface area contributed by atoms with Gasteiger partial charge in [0, 0.05) is 30.1 Å². The van der Waals surface area contributed by atoms with Crippen LogP contribution in [0.5, 0.6) is 5.75 Å². The van der Waals surface area contributed by atoms with E-state index >= 15 is 0 Å². The van der Waals surface area contributed by atoms with Crippen molar-refractivity contribution in [3.05, 3.63) is 94.5 Å². The molecule has 31 heavy (non-hydrogen) atoms.